The summed E-state index contributed by atoms with van der Waals surface area (Å²) < 4.78 is 18.7. The number of aromatic amines is 1. The van der Waals surface area contributed by atoms with Crippen molar-refractivity contribution in [2.45, 2.75) is 19.8 Å². The highest BCUT2D eigenvalue weighted by atomic mass is 19.1. The molecule has 2 rings (SSSR count). The van der Waals surface area contributed by atoms with Crippen LogP contribution in [0.3, 0.4) is 0 Å². The fourth-order valence-corrected chi connectivity index (χ4v) is 1.89. The zero-order chi connectivity index (χ0) is 16.1. The van der Waals surface area contributed by atoms with Gasteiger partial charge in [0.05, 0.1) is 6.54 Å². The van der Waals surface area contributed by atoms with Crippen LogP contribution in [0, 0.1) is 5.82 Å². The number of para-hydroxylation sites is 1. The summed E-state index contributed by atoms with van der Waals surface area (Å²) >= 11 is 0. The lowest BCUT2D eigenvalue weighted by Gasteiger charge is -2.16. The highest BCUT2D eigenvalue weighted by Gasteiger charge is 2.16. The highest BCUT2D eigenvalue weighted by Crippen LogP contribution is 2.15. The molecule has 0 aliphatic carbocycles. The molecule has 6 heteroatoms. The van der Waals surface area contributed by atoms with Crippen molar-refractivity contribution in [3.8, 4) is 5.75 Å². The Bertz CT molecular complexity index is 640. The number of hydrogen-bond donors (Lipinski definition) is 1. The molecular formula is C16H20FN3O2. The lowest BCUT2D eigenvalue weighted by Crippen LogP contribution is -2.31. The summed E-state index contributed by atoms with van der Waals surface area (Å²) in [6, 6.07) is 7.94. The van der Waals surface area contributed by atoms with Crippen LogP contribution >= 0.6 is 0 Å². The van der Waals surface area contributed by atoms with Crippen molar-refractivity contribution in [3.63, 3.8) is 0 Å². The number of carbonyl (C=O) groups is 1. The maximum atomic E-state index is 13.4. The second-order valence-corrected chi connectivity index (χ2v) is 5.37. The second-order valence-electron chi connectivity index (χ2n) is 5.37. The normalized spacial score (nSPS) is 10.8. The van der Waals surface area contributed by atoms with Gasteiger partial charge < -0.3 is 9.64 Å². The van der Waals surface area contributed by atoms with E-state index >= 15 is 0 Å². The maximum Gasteiger partial charge on any atom is 0.274 e. The first-order chi connectivity index (χ1) is 10.5. The molecule has 0 aliphatic rings. The van der Waals surface area contributed by atoms with Crippen molar-refractivity contribution >= 4 is 5.91 Å². The van der Waals surface area contributed by atoms with Crippen LogP contribution in [0.2, 0.25) is 0 Å². The first kappa shape index (κ1) is 16.0. The van der Waals surface area contributed by atoms with E-state index in [-0.39, 0.29) is 24.2 Å². The molecule has 5 nitrogen and oxygen atoms in total. The standard InChI is InChI=1S/C16H20FN3O2/c1-11(2)13-10-14(19-18-13)16(21)20(3)8-9-22-15-7-5-4-6-12(15)17/h4-7,10-11H,8-9H2,1-3H3,(H,18,19). The topological polar surface area (TPSA) is 58.2 Å². The molecule has 22 heavy (non-hydrogen) atoms. The van der Waals surface area contributed by atoms with E-state index in [1.54, 1.807) is 31.3 Å². The lowest BCUT2D eigenvalue weighted by molar-refractivity contribution is 0.0767. The minimum atomic E-state index is -0.412. The van der Waals surface area contributed by atoms with Crippen molar-refractivity contribution in [1.29, 1.82) is 0 Å². The summed E-state index contributed by atoms with van der Waals surface area (Å²) in [6.07, 6.45) is 0. The Morgan fingerprint density at radius 3 is 2.77 bits per heavy atom. The molecule has 118 valence electrons. The molecular weight excluding hydrogens is 285 g/mol. The van der Waals surface area contributed by atoms with Gasteiger partial charge in [0.2, 0.25) is 0 Å². The Kier molecular flexibility index (Phi) is 5.14. The number of ether oxygens (including phenoxy) is 1. The first-order valence-electron chi connectivity index (χ1n) is 7.17. The summed E-state index contributed by atoms with van der Waals surface area (Å²) in [6.45, 7) is 4.60. The number of H-pyrrole nitrogens is 1. The van der Waals surface area contributed by atoms with Crippen molar-refractivity contribution in [2.24, 2.45) is 0 Å². The smallest absolute Gasteiger partial charge is 0.274 e. The van der Waals surface area contributed by atoms with Crippen LogP contribution in [0.15, 0.2) is 30.3 Å². The third-order valence-electron chi connectivity index (χ3n) is 3.31. The molecule has 0 unspecified atom stereocenters. The van der Waals surface area contributed by atoms with Gasteiger partial charge >= 0.3 is 0 Å². The molecule has 1 aromatic heterocycles. The number of carbonyl (C=O) groups excluding carboxylic acids is 1. The molecule has 1 heterocycles. The average Bonchev–Trinajstić information content (AvgIpc) is 2.98. The summed E-state index contributed by atoms with van der Waals surface area (Å²) in [5.41, 5.74) is 1.29. The molecule has 1 aromatic carbocycles. The van der Waals surface area contributed by atoms with Crippen LogP contribution in [0.25, 0.3) is 0 Å². The molecule has 0 spiro atoms. The molecule has 0 fully saturated rings. The van der Waals surface area contributed by atoms with Crippen molar-refractivity contribution in [1.82, 2.24) is 15.1 Å². The summed E-state index contributed by atoms with van der Waals surface area (Å²) in [5.74, 6) is -0.139. The minimum Gasteiger partial charge on any atom is -0.489 e. The summed E-state index contributed by atoms with van der Waals surface area (Å²) in [7, 11) is 1.66. The Morgan fingerprint density at radius 2 is 2.14 bits per heavy atom. The van der Waals surface area contributed by atoms with E-state index in [4.69, 9.17) is 4.74 Å². The predicted molar refractivity (Wildman–Crippen MR) is 81.5 cm³/mol. The average molecular weight is 305 g/mol. The number of hydrogen-bond acceptors (Lipinski definition) is 3. The Balaban J connectivity index is 1.87. The van der Waals surface area contributed by atoms with E-state index in [1.165, 1.54) is 11.0 Å². The van der Waals surface area contributed by atoms with Crippen LogP contribution in [-0.4, -0.2) is 41.2 Å². The number of benzene rings is 1. The lowest BCUT2D eigenvalue weighted by atomic mass is 10.1. The van der Waals surface area contributed by atoms with Crippen LogP contribution in [0.1, 0.15) is 35.9 Å². The van der Waals surface area contributed by atoms with E-state index < -0.39 is 5.82 Å². The van der Waals surface area contributed by atoms with Gasteiger partial charge in [-0.1, -0.05) is 26.0 Å². The maximum absolute atomic E-state index is 13.4. The van der Waals surface area contributed by atoms with Crippen molar-refractivity contribution in [3.05, 3.63) is 47.5 Å². The van der Waals surface area contributed by atoms with Crippen molar-refractivity contribution < 1.29 is 13.9 Å². The van der Waals surface area contributed by atoms with E-state index in [0.29, 0.717) is 12.2 Å². The fraction of sp³-hybridized carbons (Fsp3) is 0.375. The first-order valence-corrected chi connectivity index (χ1v) is 7.17. The Labute approximate surface area is 129 Å². The molecule has 0 aliphatic heterocycles. The number of halogens is 1. The molecule has 0 radical (unpaired) electrons. The monoisotopic (exact) mass is 305 g/mol. The van der Waals surface area contributed by atoms with Gasteiger partial charge in [0, 0.05) is 12.7 Å². The molecule has 0 saturated carbocycles. The van der Waals surface area contributed by atoms with Gasteiger partial charge in [-0.3, -0.25) is 9.89 Å². The quantitative estimate of drug-likeness (QED) is 0.893. The van der Waals surface area contributed by atoms with Crippen LogP contribution in [0.5, 0.6) is 5.75 Å². The van der Waals surface area contributed by atoms with Crippen molar-refractivity contribution in [2.75, 3.05) is 20.2 Å². The van der Waals surface area contributed by atoms with E-state index in [2.05, 4.69) is 10.2 Å². The SMILES string of the molecule is CC(C)c1cc(C(=O)N(C)CCOc2ccccc2F)n[nH]1. The number of likely N-dealkylation sites (N-methyl/N-ethyl adjacent to an activating group) is 1. The third kappa shape index (κ3) is 3.84. The fourth-order valence-electron chi connectivity index (χ4n) is 1.89. The largest absolute Gasteiger partial charge is 0.489 e. The summed E-state index contributed by atoms with van der Waals surface area (Å²) in [5, 5.41) is 6.87. The van der Waals surface area contributed by atoms with E-state index in [9.17, 15) is 9.18 Å². The number of nitrogens with zero attached hydrogens (tertiary/aromatic N) is 2. The molecule has 0 bridgehead atoms. The van der Waals surface area contributed by atoms with Gasteiger partial charge in [-0.15, -0.1) is 0 Å². The van der Waals surface area contributed by atoms with Gasteiger partial charge in [0.1, 0.15) is 12.3 Å². The molecule has 0 saturated heterocycles. The number of amides is 1. The summed E-state index contributed by atoms with van der Waals surface area (Å²) in [4.78, 5) is 13.7. The van der Waals surface area contributed by atoms with Gasteiger partial charge in [-0.25, -0.2) is 4.39 Å². The van der Waals surface area contributed by atoms with Crippen LogP contribution < -0.4 is 4.74 Å². The van der Waals surface area contributed by atoms with Gasteiger partial charge in [-0.05, 0) is 24.1 Å². The molecule has 1 N–H and O–H groups in total. The molecule has 2 aromatic rings. The minimum absolute atomic E-state index is 0.185. The van der Waals surface area contributed by atoms with E-state index in [0.717, 1.165) is 5.69 Å². The zero-order valence-electron chi connectivity index (χ0n) is 13.0. The van der Waals surface area contributed by atoms with Gasteiger partial charge in [0.25, 0.3) is 5.91 Å². The second kappa shape index (κ2) is 7.06. The van der Waals surface area contributed by atoms with Crippen LogP contribution in [0.4, 0.5) is 4.39 Å². The molecule has 0 atom stereocenters. The molecule has 1 amide bonds. The highest BCUT2D eigenvalue weighted by molar-refractivity contribution is 5.92. The van der Waals surface area contributed by atoms with Gasteiger partial charge in [0.15, 0.2) is 11.6 Å². The van der Waals surface area contributed by atoms with Crippen LogP contribution in [-0.2, 0) is 0 Å². The number of nitrogens with one attached hydrogen (secondary N) is 1. The predicted octanol–water partition coefficient (Wildman–Crippen LogP) is 2.82. The number of rotatable bonds is 6. The Hall–Kier alpha value is -2.37. The van der Waals surface area contributed by atoms with Gasteiger partial charge in [-0.2, -0.15) is 5.10 Å². The number of aromatic nitrogens is 2. The third-order valence-corrected chi connectivity index (χ3v) is 3.31. The van der Waals surface area contributed by atoms with E-state index in [1.807, 2.05) is 13.8 Å². The Morgan fingerprint density at radius 1 is 1.41 bits per heavy atom. The zero-order valence-corrected chi connectivity index (χ0v) is 13.0.